The molecule has 0 amide bonds. The molecule has 1 aliphatic carbocycles. The molecular weight excluding hydrogens is 202 g/mol. The first kappa shape index (κ1) is 11.3. The Kier molecular flexibility index (Phi) is 3.72. The van der Waals surface area contributed by atoms with Crippen LogP contribution < -0.4 is 10.1 Å². The average molecular weight is 221 g/mol. The van der Waals surface area contributed by atoms with E-state index in [1.165, 1.54) is 32.0 Å². The summed E-state index contributed by atoms with van der Waals surface area (Å²) >= 11 is 0. The molecule has 2 rings (SSSR count). The van der Waals surface area contributed by atoms with E-state index >= 15 is 0 Å². The molecule has 4 heteroatoms. The molecule has 0 saturated heterocycles. The lowest BCUT2D eigenvalue weighted by Crippen LogP contribution is -2.41. The van der Waals surface area contributed by atoms with Gasteiger partial charge >= 0.3 is 0 Å². The first-order valence-corrected chi connectivity index (χ1v) is 5.91. The molecule has 0 bridgehead atoms. The first-order chi connectivity index (χ1) is 7.85. The minimum absolute atomic E-state index is 0.301. The van der Waals surface area contributed by atoms with Gasteiger partial charge in [-0.3, -0.25) is 0 Å². The molecule has 1 aromatic heterocycles. The number of hydrogen-bond acceptors (Lipinski definition) is 4. The van der Waals surface area contributed by atoms with Crippen molar-refractivity contribution in [2.24, 2.45) is 0 Å². The Bertz CT molecular complexity index is 309. The lowest BCUT2D eigenvalue weighted by molar-refractivity contribution is 0.233. The number of ether oxygens (including phenoxy) is 1. The summed E-state index contributed by atoms with van der Waals surface area (Å²) in [6, 6.07) is 0. The van der Waals surface area contributed by atoms with E-state index in [0.29, 0.717) is 5.54 Å². The molecular formula is C12H19N3O. The van der Waals surface area contributed by atoms with Crippen molar-refractivity contribution in [1.29, 1.82) is 0 Å². The van der Waals surface area contributed by atoms with Crippen molar-refractivity contribution in [1.82, 2.24) is 15.3 Å². The van der Waals surface area contributed by atoms with E-state index in [0.717, 1.165) is 18.8 Å². The number of aromatic nitrogens is 2. The Balaban J connectivity index is 1.79. The van der Waals surface area contributed by atoms with Crippen LogP contribution in [-0.2, 0) is 0 Å². The molecule has 0 aromatic carbocycles. The van der Waals surface area contributed by atoms with Crippen molar-refractivity contribution in [2.75, 3.05) is 13.7 Å². The van der Waals surface area contributed by atoms with Crippen LogP contribution in [0.3, 0.4) is 0 Å². The van der Waals surface area contributed by atoms with Crippen LogP contribution in [0.1, 0.15) is 32.1 Å². The zero-order valence-electron chi connectivity index (χ0n) is 9.78. The minimum Gasteiger partial charge on any atom is -0.490 e. The normalized spacial score (nSPS) is 18.6. The maximum Gasteiger partial charge on any atom is 0.155 e. The van der Waals surface area contributed by atoms with Gasteiger partial charge in [0.15, 0.2) is 5.75 Å². The average Bonchev–Trinajstić information content (AvgIpc) is 2.80. The SMILES string of the molecule is CNC1(CCOc2cncnc2)CCCC1. The van der Waals surface area contributed by atoms with E-state index in [4.69, 9.17) is 4.74 Å². The standard InChI is InChI=1S/C12H19N3O/c1-13-12(4-2-3-5-12)6-7-16-11-8-14-10-15-9-11/h8-10,13H,2-7H2,1H3. The fourth-order valence-electron chi connectivity index (χ4n) is 2.40. The quantitative estimate of drug-likeness (QED) is 0.823. The lowest BCUT2D eigenvalue weighted by Gasteiger charge is -2.28. The fraction of sp³-hybridized carbons (Fsp3) is 0.667. The summed E-state index contributed by atoms with van der Waals surface area (Å²) in [5.41, 5.74) is 0.301. The highest BCUT2D eigenvalue weighted by Gasteiger charge is 2.31. The Morgan fingerprint density at radius 2 is 2.00 bits per heavy atom. The highest BCUT2D eigenvalue weighted by Crippen LogP contribution is 2.32. The summed E-state index contributed by atoms with van der Waals surface area (Å²) in [5.74, 6) is 0.756. The number of nitrogens with one attached hydrogen (secondary N) is 1. The van der Waals surface area contributed by atoms with E-state index < -0.39 is 0 Å². The minimum atomic E-state index is 0.301. The predicted molar refractivity (Wildman–Crippen MR) is 62.4 cm³/mol. The van der Waals surface area contributed by atoms with Crippen LogP contribution in [0.15, 0.2) is 18.7 Å². The zero-order chi connectivity index (χ0) is 11.3. The molecule has 88 valence electrons. The monoisotopic (exact) mass is 221 g/mol. The summed E-state index contributed by atoms with van der Waals surface area (Å²) in [7, 11) is 2.05. The van der Waals surface area contributed by atoms with Crippen LogP contribution in [0.5, 0.6) is 5.75 Å². The Hall–Kier alpha value is -1.16. The van der Waals surface area contributed by atoms with Crippen LogP contribution >= 0.6 is 0 Å². The van der Waals surface area contributed by atoms with Crippen molar-refractivity contribution in [3.05, 3.63) is 18.7 Å². The number of hydrogen-bond donors (Lipinski definition) is 1. The van der Waals surface area contributed by atoms with E-state index in [1.807, 2.05) is 0 Å². The Morgan fingerprint density at radius 1 is 1.31 bits per heavy atom. The third-order valence-corrected chi connectivity index (χ3v) is 3.48. The number of rotatable bonds is 5. The van der Waals surface area contributed by atoms with Gasteiger partial charge in [0, 0.05) is 5.54 Å². The van der Waals surface area contributed by atoms with Gasteiger partial charge in [-0.2, -0.15) is 0 Å². The molecule has 16 heavy (non-hydrogen) atoms. The Labute approximate surface area is 96.4 Å². The van der Waals surface area contributed by atoms with Crippen molar-refractivity contribution in [2.45, 2.75) is 37.6 Å². The predicted octanol–water partition coefficient (Wildman–Crippen LogP) is 1.78. The van der Waals surface area contributed by atoms with Crippen molar-refractivity contribution < 1.29 is 4.74 Å². The summed E-state index contributed by atoms with van der Waals surface area (Å²) in [5, 5.41) is 3.45. The maximum atomic E-state index is 5.63. The van der Waals surface area contributed by atoms with E-state index in [1.54, 1.807) is 12.4 Å². The zero-order valence-corrected chi connectivity index (χ0v) is 9.78. The first-order valence-electron chi connectivity index (χ1n) is 5.91. The molecule has 1 N–H and O–H groups in total. The number of nitrogens with zero attached hydrogens (tertiary/aromatic N) is 2. The molecule has 1 heterocycles. The molecule has 1 fully saturated rings. The third kappa shape index (κ3) is 2.70. The molecule has 0 radical (unpaired) electrons. The van der Waals surface area contributed by atoms with Gasteiger partial charge in [-0.15, -0.1) is 0 Å². The molecule has 0 unspecified atom stereocenters. The van der Waals surface area contributed by atoms with Crippen molar-refractivity contribution in [3.63, 3.8) is 0 Å². The van der Waals surface area contributed by atoms with Gasteiger partial charge in [0.2, 0.25) is 0 Å². The van der Waals surface area contributed by atoms with Gasteiger partial charge in [0.1, 0.15) is 6.33 Å². The highest BCUT2D eigenvalue weighted by molar-refractivity contribution is 5.09. The molecule has 0 atom stereocenters. The summed E-state index contributed by atoms with van der Waals surface area (Å²) in [6.07, 6.45) is 11.2. The lowest BCUT2D eigenvalue weighted by atomic mass is 9.94. The van der Waals surface area contributed by atoms with E-state index in [2.05, 4.69) is 22.3 Å². The maximum absolute atomic E-state index is 5.63. The molecule has 4 nitrogen and oxygen atoms in total. The molecule has 1 saturated carbocycles. The van der Waals surface area contributed by atoms with E-state index in [-0.39, 0.29) is 0 Å². The van der Waals surface area contributed by atoms with Gasteiger partial charge in [-0.05, 0) is 26.3 Å². The van der Waals surface area contributed by atoms with Crippen LogP contribution in [0.25, 0.3) is 0 Å². The molecule has 1 aliphatic rings. The van der Waals surface area contributed by atoms with Crippen LogP contribution in [0.2, 0.25) is 0 Å². The van der Waals surface area contributed by atoms with Crippen LogP contribution in [0.4, 0.5) is 0 Å². The molecule has 0 spiro atoms. The van der Waals surface area contributed by atoms with Gasteiger partial charge in [-0.1, -0.05) is 12.8 Å². The topological polar surface area (TPSA) is 47.0 Å². The van der Waals surface area contributed by atoms with Gasteiger partial charge in [0.25, 0.3) is 0 Å². The summed E-state index contributed by atoms with van der Waals surface area (Å²) < 4.78 is 5.63. The van der Waals surface area contributed by atoms with Crippen LogP contribution in [-0.4, -0.2) is 29.2 Å². The van der Waals surface area contributed by atoms with Gasteiger partial charge in [0.05, 0.1) is 19.0 Å². The summed E-state index contributed by atoms with van der Waals surface area (Å²) in [6.45, 7) is 0.730. The van der Waals surface area contributed by atoms with E-state index in [9.17, 15) is 0 Å². The van der Waals surface area contributed by atoms with Gasteiger partial charge < -0.3 is 10.1 Å². The second-order valence-electron chi connectivity index (χ2n) is 4.41. The van der Waals surface area contributed by atoms with Crippen LogP contribution in [0, 0.1) is 0 Å². The smallest absolute Gasteiger partial charge is 0.155 e. The fourth-order valence-corrected chi connectivity index (χ4v) is 2.40. The molecule has 1 aromatic rings. The molecule has 0 aliphatic heterocycles. The van der Waals surface area contributed by atoms with Gasteiger partial charge in [-0.25, -0.2) is 9.97 Å². The van der Waals surface area contributed by atoms with Crippen molar-refractivity contribution in [3.8, 4) is 5.75 Å². The highest BCUT2D eigenvalue weighted by atomic mass is 16.5. The second-order valence-corrected chi connectivity index (χ2v) is 4.41. The Morgan fingerprint density at radius 3 is 2.62 bits per heavy atom. The largest absolute Gasteiger partial charge is 0.490 e. The van der Waals surface area contributed by atoms with Crippen molar-refractivity contribution >= 4 is 0 Å². The summed E-state index contributed by atoms with van der Waals surface area (Å²) in [4.78, 5) is 7.84. The second kappa shape index (κ2) is 5.25. The third-order valence-electron chi connectivity index (χ3n) is 3.48.